The van der Waals surface area contributed by atoms with Gasteiger partial charge in [-0.1, -0.05) is 24.3 Å². The fraction of sp³-hybridized carbons (Fsp3) is 0.167. The summed E-state index contributed by atoms with van der Waals surface area (Å²) in [5.74, 6) is 0.741. The Labute approximate surface area is 119 Å². The Morgan fingerprint density at radius 3 is 2.30 bits per heavy atom. The van der Waals surface area contributed by atoms with Gasteiger partial charge in [0.05, 0.1) is 7.11 Å². The quantitative estimate of drug-likeness (QED) is 0.612. The van der Waals surface area contributed by atoms with Crippen LogP contribution < -0.4 is 4.74 Å². The zero-order chi connectivity index (χ0) is 14.5. The van der Waals surface area contributed by atoms with Gasteiger partial charge in [0.15, 0.2) is 5.78 Å². The van der Waals surface area contributed by atoms with Crippen LogP contribution in [-0.4, -0.2) is 12.9 Å². The molecule has 2 aromatic rings. The molecule has 2 rings (SSSR count). The number of methoxy groups -OCH3 is 1. The molecule has 20 heavy (non-hydrogen) atoms. The molecule has 0 atom stereocenters. The molecule has 0 bridgehead atoms. The number of allylic oxidation sites excluding steroid dienone is 1. The largest absolute Gasteiger partial charge is 0.497 e. The van der Waals surface area contributed by atoms with E-state index in [4.69, 9.17) is 4.74 Å². The van der Waals surface area contributed by atoms with E-state index >= 15 is 0 Å². The fourth-order valence-electron chi connectivity index (χ4n) is 1.89. The van der Waals surface area contributed by atoms with Crippen LogP contribution in [0.5, 0.6) is 5.75 Å². The maximum absolute atomic E-state index is 12.0. The highest BCUT2D eigenvalue weighted by atomic mass is 16.5. The lowest BCUT2D eigenvalue weighted by molar-refractivity contribution is 0.104. The Balaban J connectivity index is 2.13. The number of rotatable bonds is 4. The van der Waals surface area contributed by atoms with E-state index in [2.05, 4.69) is 26.0 Å². The smallest absolute Gasteiger partial charge is 0.185 e. The molecule has 0 aliphatic carbocycles. The predicted octanol–water partition coefficient (Wildman–Crippen LogP) is 4.21. The summed E-state index contributed by atoms with van der Waals surface area (Å²) in [5, 5.41) is 0. The van der Waals surface area contributed by atoms with Crippen molar-refractivity contribution in [1.29, 1.82) is 0 Å². The van der Waals surface area contributed by atoms with Crippen LogP contribution >= 0.6 is 0 Å². The molecule has 2 nitrogen and oxygen atoms in total. The number of aryl methyl sites for hydroxylation is 2. The molecule has 0 saturated heterocycles. The number of ether oxygens (including phenoxy) is 1. The highest BCUT2D eigenvalue weighted by molar-refractivity contribution is 6.06. The van der Waals surface area contributed by atoms with Crippen molar-refractivity contribution in [1.82, 2.24) is 0 Å². The van der Waals surface area contributed by atoms with Crippen LogP contribution in [0.25, 0.3) is 6.08 Å². The topological polar surface area (TPSA) is 26.3 Å². The summed E-state index contributed by atoms with van der Waals surface area (Å²) in [7, 11) is 1.61. The number of carbonyl (C=O) groups excluding carboxylic acids is 1. The molecule has 0 N–H and O–H groups in total. The lowest BCUT2D eigenvalue weighted by atomic mass is 10.0. The summed E-state index contributed by atoms with van der Waals surface area (Å²) in [6.45, 7) is 4.14. The minimum absolute atomic E-state index is 0.00844. The molecule has 0 fully saturated rings. The monoisotopic (exact) mass is 266 g/mol. The van der Waals surface area contributed by atoms with E-state index in [-0.39, 0.29) is 5.78 Å². The van der Waals surface area contributed by atoms with Gasteiger partial charge >= 0.3 is 0 Å². The number of hydrogen-bond donors (Lipinski definition) is 0. The fourth-order valence-corrected chi connectivity index (χ4v) is 1.89. The van der Waals surface area contributed by atoms with Crippen molar-refractivity contribution in [2.24, 2.45) is 0 Å². The minimum Gasteiger partial charge on any atom is -0.497 e. The standard InChI is InChI=1S/C18H18O2/c1-13-4-5-15(12-14(13)2)6-11-18(19)16-7-9-17(20-3)10-8-16/h4-12H,1-3H3/b11-6-. The highest BCUT2D eigenvalue weighted by Gasteiger charge is 2.02. The minimum atomic E-state index is -0.00844. The second-order valence-electron chi connectivity index (χ2n) is 4.77. The summed E-state index contributed by atoms with van der Waals surface area (Å²) >= 11 is 0. The van der Waals surface area contributed by atoms with Crippen molar-refractivity contribution in [3.63, 3.8) is 0 Å². The maximum Gasteiger partial charge on any atom is 0.185 e. The van der Waals surface area contributed by atoms with Crippen molar-refractivity contribution < 1.29 is 9.53 Å². The molecule has 2 heteroatoms. The van der Waals surface area contributed by atoms with E-state index in [0.717, 1.165) is 11.3 Å². The molecule has 0 aromatic heterocycles. The summed E-state index contributed by atoms with van der Waals surface area (Å²) in [6, 6.07) is 13.3. The first-order chi connectivity index (χ1) is 9.60. The molecule has 0 saturated carbocycles. The zero-order valence-electron chi connectivity index (χ0n) is 12.0. The van der Waals surface area contributed by atoms with Crippen LogP contribution in [0, 0.1) is 13.8 Å². The van der Waals surface area contributed by atoms with Crippen LogP contribution in [0.15, 0.2) is 48.5 Å². The third kappa shape index (κ3) is 3.35. The first-order valence-corrected chi connectivity index (χ1v) is 6.54. The third-order valence-electron chi connectivity index (χ3n) is 3.33. The van der Waals surface area contributed by atoms with Gasteiger partial charge < -0.3 is 4.74 Å². The number of ketones is 1. The summed E-state index contributed by atoms with van der Waals surface area (Å²) < 4.78 is 5.07. The molecule has 0 amide bonds. The maximum atomic E-state index is 12.0. The van der Waals surface area contributed by atoms with Gasteiger partial charge in [-0.25, -0.2) is 0 Å². The normalized spacial score (nSPS) is 10.8. The molecular formula is C18H18O2. The molecular weight excluding hydrogens is 248 g/mol. The second kappa shape index (κ2) is 6.20. The lowest BCUT2D eigenvalue weighted by Gasteiger charge is -2.01. The van der Waals surface area contributed by atoms with E-state index in [1.54, 1.807) is 37.5 Å². The van der Waals surface area contributed by atoms with E-state index in [1.165, 1.54) is 11.1 Å². The Bertz CT molecular complexity index is 637. The average Bonchev–Trinajstić information content (AvgIpc) is 2.48. The molecule has 0 unspecified atom stereocenters. The number of carbonyl (C=O) groups is 1. The second-order valence-corrected chi connectivity index (χ2v) is 4.77. The van der Waals surface area contributed by atoms with Gasteiger partial charge in [0.1, 0.15) is 5.75 Å². The van der Waals surface area contributed by atoms with E-state index < -0.39 is 0 Å². The van der Waals surface area contributed by atoms with Crippen LogP contribution in [0.2, 0.25) is 0 Å². The van der Waals surface area contributed by atoms with E-state index in [1.807, 2.05) is 12.1 Å². The Morgan fingerprint density at radius 1 is 1.00 bits per heavy atom. The number of benzene rings is 2. The summed E-state index contributed by atoms with van der Waals surface area (Å²) in [4.78, 5) is 12.0. The molecule has 102 valence electrons. The van der Waals surface area contributed by atoms with Crippen LogP contribution in [-0.2, 0) is 0 Å². The van der Waals surface area contributed by atoms with Gasteiger partial charge in [0.25, 0.3) is 0 Å². The van der Waals surface area contributed by atoms with Crippen molar-refractivity contribution >= 4 is 11.9 Å². The summed E-state index contributed by atoms with van der Waals surface area (Å²) in [5.41, 5.74) is 4.17. The highest BCUT2D eigenvalue weighted by Crippen LogP contribution is 2.14. The van der Waals surface area contributed by atoms with Crippen molar-refractivity contribution in [2.45, 2.75) is 13.8 Å². The third-order valence-corrected chi connectivity index (χ3v) is 3.33. The van der Waals surface area contributed by atoms with Gasteiger partial charge in [-0.2, -0.15) is 0 Å². The van der Waals surface area contributed by atoms with Gasteiger partial charge in [-0.05, 0) is 60.9 Å². The molecule has 0 aliphatic heterocycles. The van der Waals surface area contributed by atoms with Crippen molar-refractivity contribution in [2.75, 3.05) is 7.11 Å². The predicted molar refractivity (Wildman–Crippen MR) is 82.3 cm³/mol. The molecule has 0 radical (unpaired) electrons. The Kier molecular flexibility index (Phi) is 4.36. The van der Waals surface area contributed by atoms with Crippen LogP contribution in [0.1, 0.15) is 27.0 Å². The molecule has 0 heterocycles. The van der Waals surface area contributed by atoms with Crippen molar-refractivity contribution in [3.05, 3.63) is 70.8 Å². The van der Waals surface area contributed by atoms with Gasteiger partial charge in [-0.3, -0.25) is 4.79 Å². The number of hydrogen-bond acceptors (Lipinski definition) is 2. The average molecular weight is 266 g/mol. The molecule has 2 aromatic carbocycles. The van der Waals surface area contributed by atoms with Crippen LogP contribution in [0.4, 0.5) is 0 Å². The van der Waals surface area contributed by atoms with Crippen molar-refractivity contribution in [3.8, 4) is 5.75 Å². The van der Waals surface area contributed by atoms with Gasteiger partial charge in [-0.15, -0.1) is 0 Å². The first-order valence-electron chi connectivity index (χ1n) is 6.54. The Morgan fingerprint density at radius 2 is 1.70 bits per heavy atom. The zero-order valence-corrected chi connectivity index (χ0v) is 12.0. The van der Waals surface area contributed by atoms with E-state index in [0.29, 0.717) is 5.56 Å². The summed E-state index contributed by atoms with van der Waals surface area (Å²) in [6.07, 6.45) is 3.45. The van der Waals surface area contributed by atoms with Gasteiger partial charge in [0, 0.05) is 5.56 Å². The van der Waals surface area contributed by atoms with Gasteiger partial charge in [0.2, 0.25) is 0 Å². The SMILES string of the molecule is COc1ccc(C(=O)/C=C\c2ccc(C)c(C)c2)cc1. The van der Waals surface area contributed by atoms with E-state index in [9.17, 15) is 4.79 Å². The van der Waals surface area contributed by atoms with Crippen LogP contribution in [0.3, 0.4) is 0 Å². The lowest BCUT2D eigenvalue weighted by Crippen LogP contribution is -1.94. The molecule has 0 aliphatic rings. The first kappa shape index (κ1) is 14.1. The Hall–Kier alpha value is -2.35. The molecule has 0 spiro atoms.